The second-order valence-electron chi connectivity index (χ2n) is 4.41. The van der Waals surface area contributed by atoms with Gasteiger partial charge in [-0.25, -0.2) is 0 Å². The van der Waals surface area contributed by atoms with Gasteiger partial charge in [0.15, 0.2) is 0 Å². The molecule has 4 heteroatoms. The molecular formula is C15H12ClNO2. The van der Waals surface area contributed by atoms with Crippen LogP contribution in [0.25, 0.3) is 21.8 Å². The van der Waals surface area contributed by atoms with Gasteiger partial charge in [0.1, 0.15) is 5.75 Å². The molecule has 19 heavy (non-hydrogen) atoms. The number of rotatable bonds is 1. The first-order valence-corrected chi connectivity index (χ1v) is 6.26. The summed E-state index contributed by atoms with van der Waals surface area (Å²) in [6, 6.07) is 11.1. The van der Waals surface area contributed by atoms with Gasteiger partial charge in [-0.2, -0.15) is 0 Å². The summed E-state index contributed by atoms with van der Waals surface area (Å²) in [4.78, 5) is 12.3. The average molecular weight is 274 g/mol. The molecule has 3 nitrogen and oxygen atoms in total. The fraction of sp³-hybridized carbons (Fsp3) is 0.133. The summed E-state index contributed by atoms with van der Waals surface area (Å²) in [6.45, 7) is 0. The molecule has 3 aromatic rings. The molecule has 2 aromatic carbocycles. The van der Waals surface area contributed by atoms with Crippen molar-refractivity contribution in [3.05, 3.63) is 51.6 Å². The highest BCUT2D eigenvalue weighted by Crippen LogP contribution is 2.30. The van der Waals surface area contributed by atoms with Crippen molar-refractivity contribution in [2.75, 3.05) is 7.11 Å². The van der Waals surface area contributed by atoms with E-state index >= 15 is 0 Å². The predicted octanol–water partition coefficient (Wildman–Crippen LogP) is 3.35. The zero-order valence-electron chi connectivity index (χ0n) is 10.6. The molecule has 0 amide bonds. The van der Waals surface area contributed by atoms with E-state index in [1.807, 2.05) is 41.9 Å². The zero-order valence-corrected chi connectivity index (χ0v) is 11.4. The number of aryl methyl sites for hydroxylation is 1. The van der Waals surface area contributed by atoms with Crippen molar-refractivity contribution in [2.45, 2.75) is 0 Å². The Bertz CT molecular complexity index is 852. The van der Waals surface area contributed by atoms with Crippen molar-refractivity contribution < 1.29 is 4.74 Å². The number of aromatic nitrogens is 1. The molecule has 0 spiro atoms. The fourth-order valence-electron chi connectivity index (χ4n) is 2.48. The van der Waals surface area contributed by atoms with Crippen molar-refractivity contribution in [2.24, 2.45) is 7.05 Å². The van der Waals surface area contributed by atoms with Crippen LogP contribution in [0.5, 0.6) is 5.75 Å². The molecule has 0 bridgehead atoms. The largest absolute Gasteiger partial charge is 0.495 e. The van der Waals surface area contributed by atoms with Crippen LogP contribution < -0.4 is 10.2 Å². The molecule has 0 aliphatic rings. The number of ether oxygens (including phenoxy) is 1. The number of fused-ring (bicyclic) bond motifs is 3. The number of halogens is 1. The molecule has 1 aromatic heterocycles. The highest BCUT2D eigenvalue weighted by atomic mass is 35.5. The Balaban J connectivity index is 2.67. The Morgan fingerprint density at radius 3 is 2.63 bits per heavy atom. The first-order chi connectivity index (χ1) is 9.13. The van der Waals surface area contributed by atoms with Crippen molar-refractivity contribution >= 4 is 33.4 Å². The number of hydrogen-bond donors (Lipinski definition) is 0. The van der Waals surface area contributed by atoms with Crippen LogP contribution in [-0.2, 0) is 7.05 Å². The molecule has 1 heterocycles. The summed E-state index contributed by atoms with van der Waals surface area (Å²) < 4.78 is 7.14. The van der Waals surface area contributed by atoms with Gasteiger partial charge < -0.3 is 9.30 Å². The van der Waals surface area contributed by atoms with Gasteiger partial charge in [0.05, 0.1) is 17.6 Å². The SMILES string of the molecule is COc1cc2c3ccccc3n(C)c2c(=O)cc1Cl. The van der Waals surface area contributed by atoms with Gasteiger partial charge in [-0.15, -0.1) is 0 Å². The van der Waals surface area contributed by atoms with Gasteiger partial charge in [0.25, 0.3) is 0 Å². The van der Waals surface area contributed by atoms with E-state index in [1.165, 1.54) is 6.07 Å². The summed E-state index contributed by atoms with van der Waals surface area (Å²) in [7, 11) is 3.43. The minimum Gasteiger partial charge on any atom is -0.495 e. The summed E-state index contributed by atoms with van der Waals surface area (Å²) in [5.41, 5.74) is 1.53. The maximum Gasteiger partial charge on any atom is 0.204 e. The number of benzene rings is 1. The third-order valence-electron chi connectivity index (χ3n) is 3.37. The van der Waals surface area contributed by atoms with E-state index in [-0.39, 0.29) is 5.43 Å². The van der Waals surface area contributed by atoms with E-state index < -0.39 is 0 Å². The number of hydrogen-bond acceptors (Lipinski definition) is 2. The molecule has 0 saturated carbocycles. The zero-order chi connectivity index (χ0) is 13.6. The monoisotopic (exact) mass is 273 g/mol. The van der Waals surface area contributed by atoms with Gasteiger partial charge in [0.2, 0.25) is 5.43 Å². The molecule has 3 rings (SSSR count). The fourth-order valence-corrected chi connectivity index (χ4v) is 2.71. The molecular weight excluding hydrogens is 262 g/mol. The first kappa shape index (κ1) is 12.1. The second kappa shape index (κ2) is 4.28. The Morgan fingerprint density at radius 1 is 1.16 bits per heavy atom. The summed E-state index contributed by atoms with van der Waals surface area (Å²) in [5, 5.41) is 2.20. The van der Waals surface area contributed by atoms with E-state index in [4.69, 9.17) is 16.3 Å². The lowest BCUT2D eigenvalue weighted by atomic mass is 10.2. The van der Waals surface area contributed by atoms with E-state index in [0.717, 1.165) is 16.3 Å². The van der Waals surface area contributed by atoms with Crippen LogP contribution in [0.3, 0.4) is 0 Å². The molecule has 0 atom stereocenters. The van der Waals surface area contributed by atoms with Gasteiger partial charge in [-0.05, 0) is 12.1 Å². The van der Waals surface area contributed by atoms with Crippen LogP contribution in [0.1, 0.15) is 0 Å². The second-order valence-corrected chi connectivity index (χ2v) is 4.81. The van der Waals surface area contributed by atoms with Crippen molar-refractivity contribution in [1.29, 1.82) is 0 Å². The van der Waals surface area contributed by atoms with Gasteiger partial charge >= 0.3 is 0 Å². The minimum absolute atomic E-state index is 0.109. The highest BCUT2D eigenvalue weighted by molar-refractivity contribution is 6.32. The Labute approximate surface area is 115 Å². The van der Waals surface area contributed by atoms with Gasteiger partial charge in [0, 0.05) is 29.4 Å². The maximum absolute atomic E-state index is 12.3. The molecule has 96 valence electrons. The summed E-state index contributed by atoms with van der Waals surface area (Å²) in [5.74, 6) is 0.505. The lowest BCUT2D eigenvalue weighted by Crippen LogP contribution is -2.01. The summed E-state index contributed by atoms with van der Waals surface area (Å²) >= 11 is 6.07. The van der Waals surface area contributed by atoms with E-state index in [1.54, 1.807) is 7.11 Å². The highest BCUT2D eigenvalue weighted by Gasteiger charge is 2.12. The molecule has 0 saturated heterocycles. The number of para-hydroxylation sites is 1. The van der Waals surface area contributed by atoms with E-state index in [2.05, 4.69) is 0 Å². The lowest BCUT2D eigenvalue weighted by molar-refractivity contribution is 0.416. The standard InChI is InChI=1S/C15H12ClNO2/c1-17-12-6-4-3-5-9(12)10-7-14(19-2)11(16)8-13(18)15(10)17/h3-8H,1-2H3. The Kier molecular flexibility index (Phi) is 2.72. The molecule has 0 fully saturated rings. The van der Waals surface area contributed by atoms with E-state index in [0.29, 0.717) is 16.3 Å². The van der Waals surface area contributed by atoms with Gasteiger partial charge in [-0.1, -0.05) is 29.8 Å². The average Bonchev–Trinajstić information content (AvgIpc) is 2.61. The van der Waals surface area contributed by atoms with Crippen LogP contribution in [-0.4, -0.2) is 11.7 Å². The smallest absolute Gasteiger partial charge is 0.204 e. The number of nitrogens with zero attached hydrogens (tertiary/aromatic N) is 1. The maximum atomic E-state index is 12.3. The molecule has 0 aliphatic heterocycles. The minimum atomic E-state index is -0.109. The van der Waals surface area contributed by atoms with Crippen LogP contribution >= 0.6 is 11.6 Å². The van der Waals surface area contributed by atoms with Crippen LogP contribution in [0.2, 0.25) is 5.02 Å². The third kappa shape index (κ3) is 1.70. The van der Waals surface area contributed by atoms with Crippen LogP contribution in [0.4, 0.5) is 0 Å². The quantitative estimate of drug-likeness (QED) is 0.681. The molecule has 0 N–H and O–H groups in total. The van der Waals surface area contributed by atoms with Crippen molar-refractivity contribution in [1.82, 2.24) is 4.57 Å². The van der Waals surface area contributed by atoms with Crippen LogP contribution in [0.15, 0.2) is 41.2 Å². The first-order valence-electron chi connectivity index (χ1n) is 5.88. The normalized spacial score (nSPS) is 11.1. The topological polar surface area (TPSA) is 31.2 Å². The van der Waals surface area contributed by atoms with Crippen molar-refractivity contribution in [3.8, 4) is 5.75 Å². The van der Waals surface area contributed by atoms with Gasteiger partial charge in [-0.3, -0.25) is 4.79 Å². The third-order valence-corrected chi connectivity index (χ3v) is 3.66. The lowest BCUT2D eigenvalue weighted by Gasteiger charge is -1.97. The molecule has 0 aliphatic carbocycles. The predicted molar refractivity (Wildman–Crippen MR) is 78.3 cm³/mol. The van der Waals surface area contributed by atoms with E-state index in [9.17, 15) is 4.79 Å². The molecule has 0 radical (unpaired) electrons. The Hall–Kier alpha value is -2.00. The van der Waals surface area contributed by atoms with Crippen LogP contribution in [0, 0.1) is 0 Å². The molecule has 0 unspecified atom stereocenters. The Morgan fingerprint density at radius 2 is 1.89 bits per heavy atom. The number of methoxy groups -OCH3 is 1. The summed E-state index contributed by atoms with van der Waals surface area (Å²) in [6.07, 6.45) is 0. The van der Waals surface area contributed by atoms with Crippen molar-refractivity contribution in [3.63, 3.8) is 0 Å².